The van der Waals surface area contributed by atoms with Gasteiger partial charge in [-0.05, 0) is 76.2 Å². The number of urea groups is 1. The van der Waals surface area contributed by atoms with Gasteiger partial charge in [0.2, 0.25) is 11.9 Å². The predicted octanol–water partition coefficient (Wildman–Crippen LogP) is 4.16. The molecule has 3 aliphatic heterocycles. The molecule has 12 heteroatoms. The minimum Gasteiger partial charge on any atom is -0.377 e. The van der Waals surface area contributed by atoms with Gasteiger partial charge in [-0.25, -0.2) is 4.79 Å². The van der Waals surface area contributed by atoms with Gasteiger partial charge >= 0.3 is 6.03 Å². The molecule has 240 valence electrons. The van der Waals surface area contributed by atoms with Crippen molar-refractivity contribution in [1.29, 1.82) is 0 Å². The second-order valence-electron chi connectivity index (χ2n) is 12.3. The minimum atomic E-state index is -0.298. The normalized spacial score (nSPS) is 21.2. The van der Waals surface area contributed by atoms with Crippen molar-refractivity contribution in [2.45, 2.75) is 45.8 Å². The van der Waals surface area contributed by atoms with E-state index >= 15 is 0 Å². The molecule has 2 amide bonds. The zero-order valence-electron chi connectivity index (χ0n) is 26.8. The van der Waals surface area contributed by atoms with Crippen LogP contribution in [-0.2, 0) is 9.47 Å². The molecule has 6 rings (SSSR count). The van der Waals surface area contributed by atoms with Crippen LogP contribution in [0.3, 0.4) is 0 Å². The molecule has 3 aromatic rings. The van der Waals surface area contributed by atoms with Crippen molar-refractivity contribution in [2.24, 2.45) is 0 Å². The van der Waals surface area contributed by atoms with E-state index in [9.17, 15) is 4.79 Å². The number of piperazine rings is 1. The van der Waals surface area contributed by atoms with Crippen LogP contribution < -0.4 is 25.3 Å². The Balaban J connectivity index is 1.11. The third kappa shape index (κ3) is 7.46. The van der Waals surface area contributed by atoms with E-state index < -0.39 is 0 Å². The molecular weight excluding hydrogens is 570 g/mol. The van der Waals surface area contributed by atoms with E-state index in [1.54, 1.807) is 0 Å². The van der Waals surface area contributed by atoms with E-state index in [1.807, 2.05) is 36.4 Å². The molecule has 4 heterocycles. The number of amides is 2. The van der Waals surface area contributed by atoms with Gasteiger partial charge in [0, 0.05) is 67.9 Å². The first kappa shape index (κ1) is 31.0. The fourth-order valence-corrected chi connectivity index (χ4v) is 6.04. The molecule has 0 spiro atoms. The highest BCUT2D eigenvalue weighted by Crippen LogP contribution is 2.27. The molecule has 3 aliphatic rings. The number of rotatable bonds is 7. The quantitative estimate of drug-likeness (QED) is 0.402. The van der Waals surface area contributed by atoms with Crippen molar-refractivity contribution in [3.8, 4) is 11.4 Å². The van der Waals surface area contributed by atoms with Crippen LogP contribution >= 0.6 is 0 Å². The van der Waals surface area contributed by atoms with Gasteiger partial charge in [-0.3, -0.25) is 4.90 Å². The molecule has 0 bridgehead atoms. The summed E-state index contributed by atoms with van der Waals surface area (Å²) in [5.74, 6) is 1.89. The Morgan fingerprint density at radius 2 is 1.24 bits per heavy atom. The van der Waals surface area contributed by atoms with E-state index in [1.165, 1.54) is 5.69 Å². The minimum absolute atomic E-state index is 0.158. The van der Waals surface area contributed by atoms with Crippen molar-refractivity contribution in [2.75, 3.05) is 91.0 Å². The van der Waals surface area contributed by atoms with E-state index in [0.717, 1.165) is 50.5 Å². The van der Waals surface area contributed by atoms with Crippen LogP contribution in [0, 0.1) is 0 Å². The lowest BCUT2D eigenvalue weighted by Gasteiger charge is -2.38. The predicted molar refractivity (Wildman–Crippen MR) is 179 cm³/mol. The highest BCUT2D eigenvalue weighted by molar-refractivity contribution is 5.99. The first-order chi connectivity index (χ1) is 21.8. The molecule has 45 heavy (non-hydrogen) atoms. The standard InChI is InChI=1S/C33H45N9O3/c1-23(2)39-13-15-40(16-14-39)29-11-9-28(10-12-29)35-33(43)34-27-7-5-26(6-8-27)30-36-31(41-17-19-44-21-24(41)3)38-32(37-30)42-18-20-45-22-25(42)4/h5-12,23-25H,13-22H2,1-4H3,(H2,34,35,43)/t24-,25-/m1/s1. The molecule has 2 aromatic carbocycles. The molecule has 0 saturated carbocycles. The number of nitrogens with zero attached hydrogens (tertiary/aromatic N) is 7. The van der Waals surface area contributed by atoms with E-state index in [0.29, 0.717) is 55.9 Å². The first-order valence-electron chi connectivity index (χ1n) is 16.1. The number of hydrogen-bond donors (Lipinski definition) is 2. The Morgan fingerprint density at radius 3 is 1.73 bits per heavy atom. The summed E-state index contributed by atoms with van der Waals surface area (Å²) < 4.78 is 11.3. The van der Waals surface area contributed by atoms with Gasteiger partial charge < -0.3 is 34.8 Å². The molecule has 3 saturated heterocycles. The number of carbonyl (C=O) groups excluding carboxylic acids is 1. The highest BCUT2D eigenvalue weighted by atomic mass is 16.5. The van der Waals surface area contributed by atoms with Gasteiger partial charge in [-0.15, -0.1) is 0 Å². The second kappa shape index (κ2) is 14.0. The number of hydrogen-bond acceptors (Lipinski definition) is 10. The molecule has 0 aliphatic carbocycles. The maximum Gasteiger partial charge on any atom is 0.323 e. The summed E-state index contributed by atoms with van der Waals surface area (Å²) in [6.45, 7) is 16.9. The average molecular weight is 616 g/mol. The topological polar surface area (TPSA) is 111 Å². The van der Waals surface area contributed by atoms with Gasteiger partial charge in [0.05, 0.1) is 38.5 Å². The Morgan fingerprint density at radius 1 is 0.733 bits per heavy atom. The molecular formula is C33H45N9O3. The maximum atomic E-state index is 12.8. The molecule has 3 fully saturated rings. The number of benzene rings is 2. The summed E-state index contributed by atoms with van der Waals surface area (Å²) in [6.07, 6.45) is 0. The van der Waals surface area contributed by atoms with Crippen LogP contribution in [-0.4, -0.2) is 110 Å². The van der Waals surface area contributed by atoms with Gasteiger partial charge in [-0.2, -0.15) is 15.0 Å². The lowest BCUT2D eigenvalue weighted by molar-refractivity contribution is 0.0969. The maximum absolute atomic E-state index is 12.8. The summed E-state index contributed by atoms with van der Waals surface area (Å²) in [7, 11) is 0. The summed E-state index contributed by atoms with van der Waals surface area (Å²) in [4.78, 5) is 36.7. The Labute approximate surface area is 265 Å². The molecule has 2 N–H and O–H groups in total. The SMILES string of the molecule is CC(C)N1CCN(c2ccc(NC(=O)Nc3ccc(-c4nc(N5CCOC[C@H]5C)nc(N5CCOC[C@H]5C)n4)cc3)cc2)CC1. The number of aromatic nitrogens is 3. The van der Waals surface area contributed by atoms with Crippen LogP contribution in [0.4, 0.5) is 33.8 Å². The van der Waals surface area contributed by atoms with Crippen LogP contribution in [0.1, 0.15) is 27.7 Å². The summed E-state index contributed by atoms with van der Waals surface area (Å²) >= 11 is 0. The van der Waals surface area contributed by atoms with Crippen molar-refractivity contribution in [3.05, 3.63) is 48.5 Å². The summed E-state index contributed by atoms with van der Waals surface area (Å²) in [5.41, 5.74) is 3.44. The van der Waals surface area contributed by atoms with Crippen molar-refractivity contribution >= 4 is 35.0 Å². The third-order valence-corrected chi connectivity index (χ3v) is 8.80. The van der Waals surface area contributed by atoms with E-state index in [4.69, 9.17) is 24.4 Å². The summed E-state index contributed by atoms with van der Waals surface area (Å²) in [5, 5.41) is 5.88. The van der Waals surface area contributed by atoms with Gasteiger partial charge in [-0.1, -0.05) is 0 Å². The molecule has 2 atom stereocenters. The Kier molecular flexibility index (Phi) is 9.62. The highest BCUT2D eigenvalue weighted by Gasteiger charge is 2.27. The van der Waals surface area contributed by atoms with Gasteiger partial charge in [0.1, 0.15) is 0 Å². The van der Waals surface area contributed by atoms with E-state index in [2.05, 4.69) is 70.1 Å². The number of morpholine rings is 2. The fraction of sp³-hybridized carbons (Fsp3) is 0.515. The summed E-state index contributed by atoms with van der Waals surface area (Å²) in [6, 6.07) is 16.2. The third-order valence-electron chi connectivity index (χ3n) is 8.80. The largest absolute Gasteiger partial charge is 0.377 e. The van der Waals surface area contributed by atoms with Crippen molar-refractivity contribution in [3.63, 3.8) is 0 Å². The molecule has 1 aromatic heterocycles. The Hall–Kier alpha value is -4.00. The molecule has 0 radical (unpaired) electrons. The van der Waals surface area contributed by atoms with Crippen LogP contribution in [0.5, 0.6) is 0 Å². The van der Waals surface area contributed by atoms with E-state index in [-0.39, 0.29) is 18.1 Å². The lowest BCUT2D eigenvalue weighted by atomic mass is 10.2. The number of nitrogens with one attached hydrogen (secondary N) is 2. The smallest absolute Gasteiger partial charge is 0.323 e. The van der Waals surface area contributed by atoms with Crippen LogP contribution in [0.25, 0.3) is 11.4 Å². The molecule has 0 unspecified atom stereocenters. The number of anilines is 5. The number of ether oxygens (including phenoxy) is 2. The first-order valence-corrected chi connectivity index (χ1v) is 16.1. The monoisotopic (exact) mass is 615 g/mol. The average Bonchev–Trinajstić information content (AvgIpc) is 3.06. The zero-order chi connectivity index (χ0) is 31.3. The molecule has 12 nitrogen and oxygen atoms in total. The van der Waals surface area contributed by atoms with Gasteiger partial charge in [0.25, 0.3) is 0 Å². The fourth-order valence-electron chi connectivity index (χ4n) is 6.04. The zero-order valence-corrected chi connectivity index (χ0v) is 26.8. The lowest BCUT2D eigenvalue weighted by Crippen LogP contribution is -2.48. The Bertz CT molecular complexity index is 1390. The number of carbonyl (C=O) groups is 1. The van der Waals surface area contributed by atoms with Crippen LogP contribution in [0.2, 0.25) is 0 Å². The van der Waals surface area contributed by atoms with Crippen LogP contribution in [0.15, 0.2) is 48.5 Å². The van der Waals surface area contributed by atoms with Crippen molar-refractivity contribution < 1.29 is 14.3 Å². The second-order valence-corrected chi connectivity index (χ2v) is 12.3. The van der Waals surface area contributed by atoms with Crippen molar-refractivity contribution in [1.82, 2.24) is 19.9 Å². The van der Waals surface area contributed by atoms with Gasteiger partial charge in [0.15, 0.2) is 5.82 Å².